The van der Waals surface area contributed by atoms with Crippen LogP contribution in [0.1, 0.15) is 35.0 Å². The highest BCUT2D eigenvalue weighted by Gasteiger charge is 2.23. The third kappa shape index (κ3) is 5.26. The molecular formula is C16H24N4O4S3. The van der Waals surface area contributed by atoms with Gasteiger partial charge in [0.2, 0.25) is 10.0 Å². The van der Waals surface area contributed by atoms with Gasteiger partial charge in [0.25, 0.3) is 0 Å². The fraction of sp³-hybridized carbons (Fsp3) is 0.438. The number of anilines is 1. The van der Waals surface area contributed by atoms with Crippen molar-refractivity contribution in [2.24, 2.45) is 0 Å². The predicted molar refractivity (Wildman–Crippen MR) is 108 cm³/mol. The van der Waals surface area contributed by atoms with E-state index in [1.54, 1.807) is 0 Å². The van der Waals surface area contributed by atoms with E-state index in [1.807, 2.05) is 20.8 Å². The molecule has 0 bridgehead atoms. The molecule has 0 aliphatic rings. The van der Waals surface area contributed by atoms with Crippen molar-refractivity contribution in [1.29, 1.82) is 0 Å². The summed E-state index contributed by atoms with van der Waals surface area (Å²) in [4.78, 5) is 5.55. The second-order valence-corrected chi connectivity index (χ2v) is 11.0. The lowest BCUT2D eigenvalue weighted by Crippen LogP contribution is -2.29. The highest BCUT2D eigenvalue weighted by Crippen LogP contribution is 2.27. The van der Waals surface area contributed by atoms with Gasteiger partial charge < -0.3 is 0 Å². The molecule has 1 heterocycles. The van der Waals surface area contributed by atoms with Crippen molar-refractivity contribution in [1.82, 2.24) is 14.0 Å². The van der Waals surface area contributed by atoms with Crippen molar-refractivity contribution < 1.29 is 16.8 Å². The van der Waals surface area contributed by atoms with Gasteiger partial charge in [-0.05, 0) is 44.5 Å². The van der Waals surface area contributed by atoms with Gasteiger partial charge in [-0.15, -0.1) is 11.3 Å². The van der Waals surface area contributed by atoms with Gasteiger partial charge in [-0.25, -0.2) is 18.1 Å². The molecule has 0 aliphatic heterocycles. The van der Waals surface area contributed by atoms with Crippen molar-refractivity contribution >= 4 is 37.3 Å². The van der Waals surface area contributed by atoms with Crippen LogP contribution in [0, 0.1) is 13.8 Å². The number of aryl methyl sites for hydroxylation is 2. The summed E-state index contributed by atoms with van der Waals surface area (Å²) in [6.07, 6.45) is 0.562. The second kappa shape index (κ2) is 8.23. The van der Waals surface area contributed by atoms with Crippen LogP contribution < -0.4 is 9.44 Å². The fourth-order valence-corrected chi connectivity index (χ4v) is 5.18. The Balaban J connectivity index is 2.20. The summed E-state index contributed by atoms with van der Waals surface area (Å²) in [5.74, 6) is 0. The fourth-order valence-electron chi connectivity index (χ4n) is 2.15. The lowest BCUT2D eigenvalue weighted by Gasteiger charge is -2.16. The Morgan fingerprint density at radius 3 is 2.15 bits per heavy atom. The molecule has 0 fully saturated rings. The van der Waals surface area contributed by atoms with E-state index < -0.39 is 26.3 Å². The van der Waals surface area contributed by atoms with Gasteiger partial charge in [-0.2, -0.15) is 12.7 Å². The average molecular weight is 433 g/mol. The molecule has 27 heavy (non-hydrogen) atoms. The van der Waals surface area contributed by atoms with Crippen LogP contribution in [0.4, 0.5) is 5.69 Å². The highest BCUT2D eigenvalue weighted by molar-refractivity contribution is 7.90. The molecule has 1 aromatic carbocycles. The molecule has 11 heteroatoms. The predicted octanol–water partition coefficient (Wildman–Crippen LogP) is 2.41. The van der Waals surface area contributed by atoms with E-state index in [9.17, 15) is 16.8 Å². The van der Waals surface area contributed by atoms with Crippen molar-refractivity contribution in [2.75, 3.05) is 18.8 Å². The average Bonchev–Trinajstić information content (AvgIpc) is 2.91. The van der Waals surface area contributed by atoms with Crippen molar-refractivity contribution in [3.8, 4) is 0 Å². The number of benzene rings is 1. The summed E-state index contributed by atoms with van der Waals surface area (Å²) in [5, 5.41) is 0.728. The summed E-state index contributed by atoms with van der Waals surface area (Å²) in [5.41, 5.74) is 1.17. The summed E-state index contributed by atoms with van der Waals surface area (Å²) in [6.45, 7) is 5.73. The largest absolute Gasteiger partial charge is 0.301 e. The number of nitrogens with one attached hydrogen (secondary N) is 2. The van der Waals surface area contributed by atoms with Gasteiger partial charge in [0.1, 0.15) is 5.01 Å². The summed E-state index contributed by atoms with van der Waals surface area (Å²) in [6, 6.07) is 5.13. The Bertz CT molecular complexity index is 977. The van der Waals surface area contributed by atoms with Crippen LogP contribution in [0.25, 0.3) is 0 Å². The maximum Gasteiger partial charge on any atom is 0.301 e. The van der Waals surface area contributed by atoms with Crippen LogP contribution in [0.15, 0.2) is 29.2 Å². The normalized spacial score (nSPS) is 13.7. The van der Waals surface area contributed by atoms with E-state index in [1.165, 1.54) is 49.7 Å². The topological polar surface area (TPSA) is 108 Å². The van der Waals surface area contributed by atoms with Crippen molar-refractivity contribution in [3.63, 3.8) is 0 Å². The number of hydrogen-bond acceptors (Lipinski definition) is 6. The van der Waals surface area contributed by atoms with Crippen molar-refractivity contribution in [2.45, 2.75) is 38.1 Å². The molecule has 0 saturated heterocycles. The summed E-state index contributed by atoms with van der Waals surface area (Å²) >= 11 is 1.48. The van der Waals surface area contributed by atoms with Gasteiger partial charge >= 0.3 is 10.2 Å². The minimum atomic E-state index is -3.77. The van der Waals surface area contributed by atoms with Crippen LogP contribution in [-0.4, -0.2) is 40.2 Å². The van der Waals surface area contributed by atoms with Gasteiger partial charge in [-0.1, -0.05) is 6.92 Å². The second-order valence-electron chi connectivity index (χ2n) is 6.19. The van der Waals surface area contributed by atoms with E-state index in [2.05, 4.69) is 14.4 Å². The number of hydrogen-bond donors (Lipinski definition) is 2. The third-order valence-corrected chi connectivity index (χ3v) is 8.07. The molecule has 2 rings (SSSR count). The summed E-state index contributed by atoms with van der Waals surface area (Å²) < 4.78 is 55.1. The molecule has 2 N–H and O–H groups in total. The van der Waals surface area contributed by atoms with Crippen molar-refractivity contribution in [3.05, 3.63) is 39.8 Å². The molecule has 8 nitrogen and oxygen atoms in total. The van der Waals surface area contributed by atoms with Gasteiger partial charge in [0.05, 0.1) is 16.6 Å². The molecule has 0 aliphatic carbocycles. The Morgan fingerprint density at radius 2 is 1.70 bits per heavy atom. The Morgan fingerprint density at radius 1 is 1.11 bits per heavy atom. The molecular weight excluding hydrogens is 408 g/mol. The molecule has 1 aromatic heterocycles. The van der Waals surface area contributed by atoms with Crippen LogP contribution >= 0.6 is 11.3 Å². The Labute approximate surface area is 164 Å². The highest BCUT2D eigenvalue weighted by atomic mass is 32.2. The van der Waals surface area contributed by atoms with E-state index in [0.29, 0.717) is 6.42 Å². The zero-order valence-corrected chi connectivity index (χ0v) is 18.3. The first-order chi connectivity index (χ1) is 12.5. The van der Waals surface area contributed by atoms with E-state index in [0.717, 1.165) is 19.9 Å². The SMILES string of the molecule is CCC(NS(=O)(=O)c1ccc(NS(=O)(=O)N(C)C)cc1)c1nc(C)c(C)s1. The molecule has 1 atom stereocenters. The maximum absolute atomic E-state index is 12.7. The first kappa shape index (κ1) is 21.8. The lowest BCUT2D eigenvalue weighted by atomic mass is 10.2. The molecule has 150 valence electrons. The van der Waals surface area contributed by atoms with Crippen LogP contribution in [0.5, 0.6) is 0 Å². The standard InChI is InChI=1S/C16H24N4O4S3/c1-6-15(16-17-11(2)12(3)25-16)19-26(21,22)14-9-7-13(8-10-14)18-27(23,24)20(4)5/h7-10,15,18-19H,6H2,1-5H3. The smallest absolute Gasteiger partial charge is 0.271 e. The van der Waals surface area contributed by atoms with Gasteiger partial charge in [0, 0.05) is 24.7 Å². The molecule has 0 amide bonds. The quantitative estimate of drug-likeness (QED) is 0.666. The minimum absolute atomic E-state index is 0.0544. The van der Waals surface area contributed by atoms with E-state index in [-0.39, 0.29) is 10.6 Å². The lowest BCUT2D eigenvalue weighted by molar-refractivity contribution is 0.527. The monoisotopic (exact) mass is 432 g/mol. The molecule has 2 aromatic rings. The third-order valence-electron chi connectivity index (χ3n) is 3.94. The van der Waals surface area contributed by atoms with Crippen LogP contribution in [0.2, 0.25) is 0 Å². The molecule has 0 spiro atoms. The summed E-state index contributed by atoms with van der Waals surface area (Å²) in [7, 11) is -4.62. The number of sulfonamides is 1. The molecule has 0 radical (unpaired) electrons. The van der Waals surface area contributed by atoms with Crippen LogP contribution in [-0.2, 0) is 20.2 Å². The number of aromatic nitrogens is 1. The maximum atomic E-state index is 12.7. The molecule has 0 saturated carbocycles. The minimum Gasteiger partial charge on any atom is -0.271 e. The molecule has 1 unspecified atom stereocenters. The Kier molecular flexibility index (Phi) is 6.63. The number of rotatable bonds is 8. The van der Waals surface area contributed by atoms with E-state index in [4.69, 9.17) is 0 Å². The Hall–Kier alpha value is -1.53. The zero-order valence-electron chi connectivity index (χ0n) is 15.8. The number of thiazole rings is 1. The van der Waals surface area contributed by atoms with Crippen LogP contribution in [0.3, 0.4) is 0 Å². The van der Waals surface area contributed by atoms with Gasteiger partial charge in [-0.3, -0.25) is 4.72 Å². The number of nitrogens with zero attached hydrogens (tertiary/aromatic N) is 2. The van der Waals surface area contributed by atoms with E-state index >= 15 is 0 Å². The first-order valence-corrected chi connectivity index (χ1v) is 12.0. The van der Waals surface area contributed by atoms with Gasteiger partial charge in [0.15, 0.2) is 0 Å². The first-order valence-electron chi connectivity index (χ1n) is 8.23. The zero-order chi connectivity index (χ0) is 20.4.